The van der Waals surface area contributed by atoms with E-state index >= 15 is 0 Å². The normalized spacial score (nSPS) is 12.7. The van der Waals surface area contributed by atoms with E-state index in [1.54, 1.807) is 12.3 Å². The maximum absolute atomic E-state index is 13.0. The van der Waals surface area contributed by atoms with Gasteiger partial charge in [-0.2, -0.15) is 0 Å². The molecule has 0 aliphatic rings. The number of aromatic nitrogens is 1. The van der Waals surface area contributed by atoms with Gasteiger partial charge in [0.2, 0.25) is 0 Å². The van der Waals surface area contributed by atoms with Crippen LogP contribution in [0.25, 0.3) is 0 Å². The maximum Gasteiger partial charge on any atom is 0.335 e. The molecule has 0 radical (unpaired) electrons. The summed E-state index contributed by atoms with van der Waals surface area (Å²) in [6.07, 6.45) is 3.12. The molecule has 0 spiro atoms. The third-order valence-electron chi connectivity index (χ3n) is 5.76. The van der Waals surface area contributed by atoms with Crippen molar-refractivity contribution < 1.29 is 19.8 Å². The van der Waals surface area contributed by atoms with Crippen LogP contribution >= 0.6 is 0 Å². The predicted molar refractivity (Wildman–Crippen MR) is 132 cm³/mol. The van der Waals surface area contributed by atoms with Crippen molar-refractivity contribution in [3.63, 3.8) is 0 Å². The number of likely N-dealkylation sites (N-methyl/N-ethyl adjacent to an activating group) is 1. The molecule has 2 atom stereocenters. The lowest BCUT2D eigenvalue weighted by atomic mass is 9.99. The average Bonchev–Trinajstić information content (AvgIpc) is 2.84. The van der Waals surface area contributed by atoms with Crippen molar-refractivity contribution in [1.82, 2.24) is 10.3 Å². The summed E-state index contributed by atoms with van der Waals surface area (Å²) in [6.45, 7) is 4.47. The summed E-state index contributed by atoms with van der Waals surface area (Å²) in [4.78, 5) is 30.5. The molecule has 7 nitrogen and oxygen atoms in total. The summed E-state index contributed by atoms with van der Waals surface area (Å²) in [5.74, 6) is -1.21. The Morgan fingerprint density at radius 2 is 1.71 bits per heavy atom. The van der Waals surface area contributed by atoms with E-state index in [0.717, 1.165) is 16.8 Å². The minimum absolute atomic E-state index is 0.0325. The van der Waals surface area contributed by atoms with Crippen molar-refractivity contribution in [3.05, 3.63) is 95.3 Å². The van der Waals surface area contributed by atoms with Crippen LogP contribution in [0.3, 0.4) is 0 Å². The minimum atomic E-state index is -1.10. The molecule has 3 aromatic rings. The van der Waals surface area contributed by atoms with Crippen LogP contribution < -0.4 is 10.2 Å². The molecule has 0 bridgehead atoms. The van der Waals surface area contributed by atoms with Crippen LogP contribution in [0.15, 0.2) is 73.1 Å². The zero-order valence-corrected chi connectivity index (χ0v) is 19.7. The van der Waals surface area contributed by atoms with Crippen LogP contribution in [0.4, 0.5) is 5.69 Å². The highest BCUT2D eigenvalue weighted by molar-refractivity contribution is 5.97. The van der Waals surface area contributed by atoms with Crippen molar-refractivity contribution in [2.45, 2.75) is 38.3 Å². The molecule has 178 valence electrons. The number of carboxylic acids is 1. The van der Waals surface area contributed by atoms with Crippen LogP contribution in [0.5, 0.6) is 0 Å². The molecule has 0 saturated heterocycles. The number of amides is 1. The SMILES string of the molecule is CC(C)c1cncc(N(C)CC(O)C(Cc2ccccc2)NC(=O)c2cccc(C(=O)O)c2)c1. The zero-order chi connectivity index (χ0) is 24.7. The van der Waals surface area contributed by atoms with Crippen molar-refractivity contribution in [2.24, 2.45) is 0 Å². The van der Waals surface area contributed by atoms with Crippen molar-refractivity contribution in [2.75, 3.05) is 18.5 Å². The highest BCUT2D eigenvalue weighted by Crippen LogP contribution is 2.20. The van der Waals surface area contributed by atoms with Crippen LogP contribution in [-0.2, 0) is 6.42 Å². The Hall–Kier alpha value is -3.71. The largest absolute Gasteiger partial charge is 0.478 e. The first-order valence-corrected chi connectivity index (χ1v) is 11.3. The number of anilines is 1. The number of rotatable bonds is 10. The Bertz CT molecular complexity index is 1120. The number of aliphatic hydroxyl groups excluding tert-OH is 1. The first-order valence-electron chi connectivity index (χ1n) is 11.3. The molecule has 2 unspecified atom stereocenters. The molecule has 2 aromatic carbocycles. The summed E-state index contributed by atoms with van der Waals surface area (Å²) in [6, 6.07) is 16.9. The minimum Gasteiger partial charge on any atom is -0.478 e. The smallest absolute Gasteiger partial charge is 0.335 e. The fraction of sp³-hybridized carbons (Fsp3) is 0.296. The van der Waals surface area contributed by atoms with Crippen LogP contribution in [0.1, 0.15) is 51.6 Å². The summed E-state index contributed by atoms with van der Waals surface area (Å²) in [5, 5.41) is 23.3. The van der Waals surface area contributed by atoms with Gasteiger partial charge in [0, 0.05) is 25.4 Å². The molecule has 0 fully saturated rings. The number of hydrogen-bond acceptors (Lipinski definition) is 5. The van der Waals surface area contributed by atoms with Crippen LogP contribution in [0, 0.1) is 0 Å². The fourth-order valence-corrected chi connectivity index (χ4v) is 3.68. The Kier molecular flexibility index (Phi) is 8.38. The second kappa shape index (κ2) is 11.4. The number of hydrogen-bond donors (Lipinski definition) is 3. The third-order valence-corrected chi connectivity index (χ3v) is 5.76. The average molecular weight is 462 g/mol. The van der Waals surface area contributed by atoms with Gasteiger partial charge in [-0.1, -0.05) is 50.2 Å². The molecule has 3 rings (SSSR count). The maximum atomic E-state index is 13.0. The molecular weight excluding hydrogens is 430 g/mol. The summed E-state index contributed by atoms with van der Waals surface area (Å²) >= 11 is 0. The van der Waals surface area contributed by atoms with E-state index in [0.29, 0.717) is 12.3 Å². The van der Waals surface area contributed by atoms with E-state index < -0.39 is 24.0 Å². The van der Waals surface area contributed by atoms with E-state index in [1.165, 1.54) is 18.2 Å². The number of nitrogens with zero attached hydrogens (tertiary/aromatic N) is 2. The number of carboxylic acid groups (broad SMARTS) is 1. The molecular formula is C27H31N3O4. The van der Waals surface area contributed by atoms with Gasteiger partial charge in [0.25, 0.3) is 5.91 Å². The van der Waals surface area contributed by atoms with E-state index in [-0.39, 0.29) is 17.7 Å². The number of nitrogens with one attached hydrogen (secondary N) is 1. The van der Waals surface area contributed by atoms with Gasteiger partial charge in [0.1, 0.15) is 0 Å². The van der Waals surface area contributed by atoms with Gasteiger partial charge in [-0.05, 0) is 47.7 Å². The molecule has 7 heteroatoms. The van der Waals surface area contributed by atoms with Gasteiger partial charge >= 0.3 is 5.97 Å². The molecule has 34 heavy (non-hydrogen) atoms. The highest BCUT2D eigenvalue weighted by Gasteiger charge is 2.24. The standard InChI is InChI=1S/C27H31N3O4/c1-18(2)22-14-23(16-28-15-22)30(3)17-25(31)24(12-19-8-5-4-6-9-19)29-26(32)20-10-7-11-21(13-20)27(33)34/h4-11,13-16,18,24-25,31H,12,17H2,1-3H3,(H,29,32)(H,33,34). The Labute approximate surface area is 200 Å². The molecule has 0 aliphatic carbocycles. The monoisotopic (exact) mass is 461 g/mol. The lowest BCUT2D eigenvalue weighted by molar-refractivity contribution is 0.0697. The van der Waals surface area contributed by atoms with E-state index in [4.69, 9.17) is 0 Å². The van der Waals surface area contributed by atoms with Gasteiger partial charge in [-0.25, -0.2) is 4.79 Å². The van der Waals surface area contributed by atoms with Gasteiger partial charge < -0.3 is 20.4 Å². The second-order valence-electron chi connectivity index (χ2n) is 8.73. The number of benzene rings is 2. The van der Waals surface area contributed by atoms with Gasteiger partial charge in [0.15, 0.2) is 0 Å². The van der Waals surface area contributed by atoms with Gasteiger partial charge in [-0.3, -0.25) is 9.78 Å². The highest BCUT2D eigenvalue weighted by atomic mass is 16.4. The molecule has 0 saturated carbocycles. The molecule has 1 heterocycles. The number of carbonyl (C=O) groups excluding carboxylic acids is 1. The summed E-state index contributed by atoms with van der Waals surface area (Å²) in [7, 11) is 1.88. The number of aromatic carboxylic acids is 1. The fourth-order valence-electron chi connectivity index (χ4n) is 3.68. The molecule has 0 aliphatic heterocycles. The van der Waals surface area contributed by atoms with Crippen LogP contribution in [0.2, 0.25) is 0 Å². The quantitative estimate of drug-likeness (QED) is 0.425. The van der Waals surface area contributed by atoms with Gasteiger partial charge in [-0.15, -0.1) is 0 Å². The van der Waals surface area contributed by atoms with Crippen molar-refractivity contribution >= 4 is 17.6 Å². The number of pyridine rings is 1. The van der Waals surface area contributed by atoms with E-state index in [9.17, 15) is 19.8 Å². The Balaban J connectivity index is 1.79. The molecule has 3 N–H and O–H groups in total. The lowest BCUT2D eigenvalue weighted by Crippen LogP contribution is -2.49. The Morgan fingerprint density at radius 3 is 2.38 bits per heavy atom. The Morgan fingerprint density at radius 1 is 1.00 bits per heavy atom. The third kappa shape index (κ3) is 6.65. The number of aliphatic hydroxyl groups is 1. The summed E-state index contributed by atoms with van der Waals surface area (Å²) < 4.78 is 0. The first kappa shape index (κ1) is 24.9. The van der Waals surface area contributed by atoms with E-state index in [1.807, 2.05) is 54.5 Å². The number of carbonyl (C=O) groups is 2. The predicted octanol–water partition coefficient (Wildman–Crippen LogP) is 3.74. The summed E-state index contributed by atoms with van der Waals surface area (Å²) in [5.41, 5.74) is 3.21. The lowest BCUT2D eigenvalue weighted by Gasteiger charge is -2.29. The van der Waals surface area contributed by atoms with Crippen LogP contribution in [-0.4, -0.2) is 52.8 Å². The molecule has 1 amide bonds. The second-order valence-corrected chi connectivity index (χ2v) is 8.73. The van der Waals surface area contributed by atoms with E-state index in [2.05, 4.69) is 24.1 Å². The molecule has 1 aromatic heterocycles. The van der Waals surface area contributed by atoms with Crippen molar-refractivity contribution in [1.29, 1.82) is 0 Å². The zero-order valence-electron chi connectivity index (χ0n) is 19.7. The first-order chi connectivity index (χ1) is 16.2. The topological polar surface area (TPSA) is 103 Å². The van der Waals surface area contributed by atoms with Crippen molar-refractivity contribution in [3.8, 4) is 0 Å². The van der Waals surface area contributed by atoms with Gasteiger partial charge in [0.05, 0.1) is 29.6 Å².